The van der Waals surface area contributed by atoms with Gasteiger partial charge in [0.1, 0.15) is 81.0 Å². The van der Waals surface area contributed by atoms with Crippen molar-refractivity contribution in [2.75, 3.05) is 0 Å². The zero-order valence-corrected chi connectivity index (χ0v) is 18.7. The number of hydrogen-bond acceptors (Lipinski definition) is 12. The fourth-order valence-corrected chi connectivity index (χ4v) is 3.86. The van der Waals surface area contributed by atoms with Crippen LogP contribution in [-0.2, 0) is 0 Å². The number of allylic oxidation sites excluding steroid dienone is 2. The second kappa shape index (κ2) is 8.72. The monoisotopic (exact) mass is 552 g/mol. The average Bonchev–Trinajstić information content (AvgIpc) is 3.34. The van der Waals surface area contributed by atoms with Crippen molar-refractivity contribution in [2.45, 2.75) is 12.7 Å². The molecule has 5 rings (SSSR count). The number of nitrogens with zero attached hydrogens (tertiary/aromatic N) is 10. The molecule has 0 atom stereocenters. The van der Waals surface area contributed by atoms with Crippen LogP contribution in [0.25, 0.3) is 33.9 Å². The molecule has 40 heavy (non-hydrogen) atoms. The van der Waals surface area contributed by atoms with E-state index >= 15 is 0 Å². The molecular weight excluding hydrogens is 550 g/mol. The molecule has 12 nitrogen and oxygen atoms in total. The SMILES string of the molecule is N#CC(C#N)=C1c2nc(OC(F)(F)F)cnc2-c2nc3c(nc21)C(=C(C#N)C#N)c1nc(OC(F)(F)F)cnc1-3. The summed E-state index contributed by atoms with van der Waals surface area (Å²) in [5, 5.41) is 38.0. The summed E-state index contributed by atoms with van der Waals surface area (Å²) in [6, 6.07) is 6.28. The maximum absolute atomic E-state index is 12.8. The largest absolute Gasteiger partial charge is 0.574 e. The lowest BCUT2D eigenvalue weighted by Crippen LogP contribution is -2.18. The highest BCUT2D eigenvalue weighted by Gasteiger charge is 2.41. The molecule has 0 saturated heterocycles. The Labute approximate surface area is 216 Å². The predicted octanol–water partition coefficient (Wildman–Crippen LogP) is 3.51. The van der Waals surface area contributed by atoms with Crippen LogP contribution in [0.2, 0.25) is 0 Å². The summed E-state index contributed by atoms with van der Waals surface area (Å²) >= 11 is 0. The Morgan fingerprint density at radius 3 is 1.18 bits per heavy atom. The molecule has 3 heterocycles. The molecule has 18 heteroatoms. The summed E-state index contributed by atoms with van der Waals surface area (Å²) in [6.45, 7) is 0. The second-order valence-electron chi connectivity index (χ2n) is 7.47. The molecule has 0 radical (unpaired) electrons. The summed E-state index contributed by atoms with van der Waals surface area (Å²) in [6.07, 6.45) is -9.08. The Morgan fingerprint density at radius 2 is 0.850 bits per heavy atom. The van der Waals surface area contributed by atoms with Crippen molar-refractivity contribution < 1.29 is 35.8 Å². The van der Waals surface area contributed by atoms with Gasteiger partial charge in [0.05, 0.1) is 23.5 Å². The van der Waals surface area contributed by atoms with Crippen molar-refractivity contribution in [3.63, 3.8) is 0 Å². The first kappa shape index (κ1) is 25.5. The van der Waals surface area contributed by atoms with Crippen LogP contribution in [0.3, 0.4) is 0 Å². The number of halogens is 6. The summed E-state index contributed by atoms with van der Waals surface area (Å²) < 4.78 is 84.2. The van der Waals surface area contributed by atoms with Crippen LogP contribution in [0, 0.1) is 45.3 Å². The van der Waals surface area contributed by atoms with Crippen molar-refractivity contribution in [3.05, 3.63) is 46.3 Å². The first-order valence-corrected chi connectivity index (χ1v) is 10.2. The van der Waals surface area contributed by atoms with Gasteiger partial charge in [-0.15, -0.1) is 26.3 Å². The Hall–Kier alpha value is -6.14. The molecule has 0 aliphatic heterocycles. The van der Waals surface area contributed by atoms with Crippen molar-refractivity contribution in [2.24, 2.45) is 0 Å². The van der Waals surface area contributed by atoms with Crippen LogP contribution in [-0.4, -0.2) is 42.6 Å². The van der Waals surface area contributed by atoms with Gasteiger partial charge in [-0.2, -0.15) is 21.0 Å². The van der Waals surface area contributed by atoms with Crippen LogP contribution >= 0.6 is 0 Å². The van der Waals surface area contributed by atoms with E-state index in [-0.39, 0.29) is 34.2 Å². The van der Waals surface area contributed by atoms with Crippen molar-refractivity contribution >= 4 is 11.1 Å². The Kier molecular flexibility index (Phi) is 5.56. The molecule has 0 unspecified atom stereocenters. The fourth-order valence-electron chi connectivity index (χ4n) is 3.86. The third kappa shape index (κ3) is 4.12. The number of hydrogen-bond donors (Lipinski definition) is 0. The summed E-state index contributed by atoms with van der Waals surface area (Å²) in [4.78, 5) is 23.8. The predicted molar refractivity (Wildman–Crippen MR) is 112 cm³/mol. The normalized spacial score (nSPS) is 12.6. The van der Waals surface area contributed by atoms with E-state index in [1.54, 1.807) is 24.3 Å². The van der Waals surface area contributed by atoms with Crippen LogP contribution in [0.15, 0.2) is 23.5 Å². The average molecular weight is 552 g/mol. The zero-order valence-electron chi connectivity index (χ0n) is 18.7. The van der Waals surface area contributed by atoms with Crippen molar-refractivity contribution in [1.29, 1.82) is 21.0 Å². The van der Waals surface area contributed by atoms with Crippen LogP contribution in [0.1, 0.15) is 22.8 Å². The van der Waals surface area contributed by atoms with Gasteiger partial charge in [0.15, 0.2) is 0 Å². The van der Waals surface area contributed by atoms with Gasteiger partial charge in [-0.05, 0) is 0 Å². The molecule has 3 aromatic rings. The standard InChI is InChI=1S/C22H2F6N10O2/c23-21(24,25)39-9-5-33-17-13(35-9)11(7(1-29)2-30)15-19(17)38-20-16(37-15)12(8(3-31)4-32)14-18(20)34-6-10(36-14)40-22(26,27)28/h5-6H. The number of aromatic nitrogens is 6. The van der Waals surface area contributed by atoms with E-state index in [0.717, 1.165) is 0 Å². The minimum atomic E-state index is -5.15. The molecule has 3 aromatic heterocycles. The van der Waals surface area contributed by atoms with Gasteiger partial charge < -0.3 is 9.47 Å². The van der Waals surface area contributed by atoms with E-state index in [1.807, 2.05) is 0 Å². The number of nitriles is 4. The maximum Gasteiger partial charge on any atom is 0.574 e. The van der Waals surface area contributed by atoms with Crippen molar-refractivity contribution in [3.8, 4) is 58.8 Å². The molecule has 0 bridgehead atoms. The lowest BCUT2D eigenvalue weighted by atomic mass is 10.1. The zero-order chi connectivity index (χ0) is 29.0. The van der Waals surface area contributed by atoms with Gasteiger partial charge in [-0.25, -0.2) is 29.9 Å². The Morgan fingerprint density at radius 1 is 0.525 bits per heavy atom. The quantitative estimate of drug-likeness (QED) is 0.229. The maximum atomic E-state index is 12.8. The highest BCUT2D eigenvalue weighted by Crippen LogP contribution is 2.48. The van der Waals surface area contributed by atoms with Gasteiger partial charge in [0, 0.05) is 0 Å². The van der Waals surface area contributed by atoms with E-state index in [1.165, 1.54) is 0 Å². The highest BCUT2D eigenvalue weighted by molar-refractivity contribution is 6.04. The molecule has 0 N–H and O–H groups in total. The van der Waals surface area contributed by atoms with E-state index in [0.29, 0.717) is 12.4 Å². The van der Waals surface area contributed by atoms with E-state index in [9.17, 15) is 47.4 Å². The number of rotatable bonds is 2. The topological polar surface area (TPSA) is 191 Å². The first-order chi connectivity index (χ1) is 18.9. The van der Waals surface area contributed by atoms with E-state index in [4.69, 9.17) is 0 Å². The lowest BCUT2D eigenvalue weighted by molar-refractivity contribution is -0.277. The van der Waals surface area contributed by atoms with Crippen LogP contribution < -0.4 is 9.47 Å². The van der Waals surface area contributed by atoms with Gasteiger partial charge in [-0.3, -0.25) is 0 Å². The Bertz CT molecular complexity index is 1720. The summed E-state index contributed by atoms with van der Waals surface area (Å²) in [5.74, 6) is -2.05. The van der Waals surface area contributed by atoms with Gasteiger partial charge in [0.2, 0.25) is 11.8 Å². The lowest BCUT2D eigenvalue weighted by Gasteiger charge is -2.09. The molecule has 2 aliphatic rings. The smallest absolute Gasteiger partial charge is 0.386 e. The third-order valence-corrected chi connectivity index (χ3v) is 5.18. The highest BCUT2D eigenvalue weighted by atomic mass is 19.4. The molecule has 0 saturated carbocycles. The first-order valence-electron chi connectivity index (χ1n) is 10.2. The van der Waals surface area contributed by atoms with E-state index < -0.39 is 58.2 Å². The number of alkyl halides is 6. The summed E-state index contributed by atoms with van der Waals surface area (Å²) in [5.41, 5.74) is -4.36. The fraction of sp³-hybridized carbons (Fsp3) is 0.0909. The minimum Gasteiger partial charge on any atom is -0.386 e. The van der Waals surface area contributed by atoms with Gasteiger partial charge in [0.25, 0.3) is 0 Å². The molecular formula is C22H2F6N10O2. The number of fused-ring (bicyclic) bond motifs is 6. The van der Waals surface area contributed by atoms with Gasteiger partial charge in [-0.1, -0.05) is 0 Å². The van der Waals surface area contributed by atoms with Crippen LogP contribution in [0.4, 0.5) is 26.3 Å². The molecule has 0 aromatic carbocycles. The molecule has 194 valence electrons. The van der Waals surface area contributed by atoms with Crippen LogP contribution in [0.5, 0.6) is 11.8 Å². The molecule has 0 fully saturated rings. The number of ether oxygens (including phenoxy) is 2. The molecule has 0 spiro atoms. The van der Waals surface area contributed by atoms with Gasteiger partial charge >= 0.3 is 12.7 Å². The molecule has 2 aliphatic carbocycles. The molecule has 0 amide bonds. The van der Waals surface area contributed by atoms with Crippen molar-refractivity contribution in [1.82, 2.24) is 29.9 Å². The third-order valence-electron chi connectivity index (χ3n) is 5.18. The van der Waals surface area contributed by atoms with E-state index in [2.05, 4.69) is 39.4 Å². The minimum absolute atomic E-state index is 0.196. The Balaban J connectivity index is 1.81. The summed E-state index contributed by atoms with van der Waals surface area (Å²) in [7, 11) is 0. The second-order valence-corrected chi connectivity index (χ2v) is 7.47.